The number of hydrogen-bond acceptors (Lipinski definition) is 6. The fraction of sp³-hybridized carbons (Fsp3) is 0.0714. The summed E-state index contributed by atoms with van der Waals surface area (Å²) in [6.07, 6.45) is 2.94. The molecule has 1 aromatic heterocycles. The lowest BCUT2D eigenvalue weighted by atomic mass is 10.2. The van der Waals surface area contributed by atoms with Crippen LogP contribution in [0.1, 0.15) is 9.67 Å². The molecule has 0 unspecified atom stereocenters. The molecular weight excluding hydrogens is 290 g/mol. The molecule has 0 spiro atoms. The second kappa shape index (κ2) is 6.67. The molecule has 2 N–H and O–H groups in total. The highest BCUT2D eigenvalue weighted by atomic mass is 32.1. The summed E-state index contributed by atoms with van der Waals surface area (Å²) >= 11 is 1.37. The third-order valence-corrected chi connectivity index (χ3v) is 3.61. The molecule has 108 valence electrons. The van der Waals surface area contributed by atoms with Gasteiger partial charge in [0.1, 0.15) is 0 Å². The normalized spacial score (nSPS) is 10.5. The SMILES string of the molecule is CNc1cc([N+](=O)[O-])ccc1NC=CC(=O)c1cccs1. The van der Waals surface area contributed by atoms with Gasteiger partial charge in [-0.1, -0.05) is 6.07 Å². The molecule has 0 aliphatic heterocycles. The Balaban J connectivity index is 2.09. The largest absolute Gasteiger partial charge is 0.386 e. The number of nitrogens with one attached hydrogen (secondary N) is 2. The van der Waals surface area contributed by atoms with Crippen LogP contribution in [0.25, 0.3) is 0 Å². The Kier molecular flexibility index (Phi) is 4.68. The standard InChI is InChI=1S/C14H13N3O3S/c1-15-12-9-10(17(19)20)4-5-11(12)16-7-6-13(18)14-3-2-8-21-14/h2-9,15-16H,1H3. The van der Waals surface area contributed by atoms with Gasteiger partial charge in [-0.05, 0) is 17.5 Å². The average molecular weight is 303 g/mol. The molecule has 0 radical (unpaired) electrons. The van der Waals surface area contributed by atoms with Crippen LogP contribution in [0.15, 0.2) is 48.0 Å². The Morgan fingerprint density at radius 1 is 1.33 bits per heavy atom. The highest BCUT2D eigenvalue weighted by molar-refractivity contribution is 7.12. The van der Waals surface area contributed by atoms with E-state index in [1.807, 2.05) is 11.4 Å². The van der Waals surface area contributed by atoms with E-state index in [9.17, 15) is 14.9 Å². The van der Waals surface area contributed by atoms with Gasteiger partial charge in [-0.2, -0.15) is 0 Å². The van der Waals surface area contributed by atoms with Crippen molar-refractivity contribution in [2.75, 3.05) is 17.7 Å². The lowest BCUT2D eigenvalue weighted by Gasteiger charge is -2.08. The van der Waals surface area contributed by atoms with Gasteiger partial charge in [-0.15, -0.1) is 11.3 Å². The number of hydrogen-bond donors (Lipinski definition) is 2. The molecule has 2 rings (SSSR count). The van der Waals surface area contributed by atoms with Crippen molar-refractivity contribution in [2.24, 2.45) is 0 Å². The first kappa shape index (κ1) is 14.7. The Bertz CT molecular complexity index is 681. The summed E-state index contributed by atoms with van der Waals surface area (Å²) in [5.74, 6) is -0.0922. The summed E-state index contributed by atoms with van der Waals surface area (Å²) in [6.45, 7) is 0. The second-order valence-corrected chi connectivity index (χ2v) is 5.00. The van der Waals surface area contributed by atoms with Crippen LogP contribution >= 0.6 is 11.3 Å². The number of ketones is 1. The first-order chi connectivity index (χ1) is 10.1. The van der Waals surface area contributed by atoms with Crippen LogP contribution < -0.4 is 10.6 Å². The van der Waals surface area contributed by atoms with Gasteiger partial charge in [0.05, 0.1) is 21.2 Å². The van der Waals surface area contributed by atoms with Crippen LogP contribution in [0.3, 0.4) is 0 Å². The average Bonchev–Trinajstić information content (AvgIpc) is 3.01. The van der Waals surface area contributed by atoms with Crippen LogP contribution in [0.5, 0.6) is 0 Å². The van der Waals surface area contributed by atoms with Crippen LogP contribution in [0, 0.1) is 10.1 Å². The topological polar surface area (TPSA) is 84.3 Å². The van der Waals surface area contributed by atoms with Gasteiger partial charge >= 0.3 is 0 Å². The Morgan fingerprint density at radius 3 is 2.76 bits per heavy atom. The number of carbonyl (C=O) groups is 1. The molecule has 21 heavy (non-hydrogen) atoms. The fourth-order valence-electron chi connectivity index (χ4n) is 1.69. The first-order valence-electron chi connectivity index (χ1n) is 6.09. The van der Waals surface area contributed by atoms with E-state index in [1.54, 1.807) is 19.2 Å². The lowest BCUT2D eigenvalue weighted by Crippen LogP contribution is -1.99. The van der Waals surface area contributed by atoms with Crippen molar-refractivity contribution in [3.63, 3.8) is 0 Å². The van der Waals surface area contributed by atoms with Crippen molar-refractivity contribution in [2.45, 2.75) is 0 Å². The van der Waals surface area contributed by atoms with Crippen LogP contribution in [0.4, 0.5) is 17.1 Å². The molecule has 1 heterocycles. The molecule has 0 atom stereocenters. The molecule has 0 fully saturated rings. The van der Waals surface area contributed by atoms with Gasteiger partial charge in [0.25, 0.3) is 5.69 Å². The van der Waals surface area contributed by atoms with Crippen molar-refractivity contribution < 1.29 is 9.72 Å². The molecule has 1 aromatic carbocycles. The zero-order valence-electron chi connectivity index (χ0n) is 11.2. The quantitative estimate of drug-likeness (QED) is 0.369. The van der Waals surface area contributed by atoms with E-state index in [0.717, 1.165) is 0 Å². The molecule has 7 heteroatoms. The number of carbonyl (C=O) groups excluding carboxylic acids is 1. The summed E-state index contributed by atoms with van der Waals surface area (Å²) in [5.41, 5.74) is 1.24. The number of anilines is 2. The van der Waals surface area contributed by atoms with Crippen LogP contribution in [-0.4, -0.2) is 17.8 Å². The zero-order valence-corrected chi connectivity index (χ0v) is 12.0. The van der Waals surface area contributed by atoms with E-state index < -0.39 is 4.92 Å². The summed E-state index contributed by atoms with van der Waals surface area (Å²) in [6, 6.07) is 7.98. The third-order valence-electron chi connectivity index (χ3n) is 2.72. The molecule has 0 saturated carbocycles. The van der Waals surface area contributed by atoms with Gasteiger partial charge in [-0.3, -0.25) is 14.9 Å². The maximum Gasteiger partial charge on any atom is 0.271 e. The van der Waals surface area contributed by atoms with Gasteiger partial charge in [0, 0.05) is 31.5 Å². The van der Waals surface area contributed by atoms with Gasteiger partial charge in [-0.25, -0.2) is 0 Å². The molecule has 0 amide bonds. The number of nitro benzene ring substituents is 1. The summed E-state index contributed by atoms with van der Waals surface area (Å²) < 4.78 is 0. The lowest BCUT2D eigenvalue weighted by molar-refractivity contribution is -0.384. The molecular formula is C14H13N3O3S. The maximum atomic E-state index is 11.8. The number of allylic oxidation sites excluding steroid dienone is 1. The minimum atomic E-state index is -0.458. The van der Waals surface area contributed by atoms with E-state index in [2.05, 4.69) is 10.6 Å². The van der Waals surface area contributed by atoms with Crippen molar-refractivity contribution in [3.05, 3.63) is 63.0 Å². The van der Waals surface area contributed by atoms with E-state index >= 15 is 0 Å². The highest BCUT2D eigenvalue weighted by Gasteiger charge is 2.09. The molecule has 0 aliphatic carbocycles. The molecule has 0 aliphatic rings. The van der Waals surface area contributed by atoms with Crippen LogP contribution in [0.2, 0.25) is 0 Å². The van der Waals surface area contributed by atoms with Crippen molar-refractivity contribution >= 4 is 34.2 Å². The number of thiophene rings is 1. The van der Waals surface area contributed by atoms with Crippen molar-refractivity contribution in [1.82, 2.24) is 0 Å². The van der Waals surface area contributed by atoms with E-state index in [4.69, 9.17) is 0 Å². The smallest absolute Gasteiger partial charge is 0.271 e. The van der Waals surface area contributed by atoms with Gasteiger partial charge < -0.3 is 10.6 Å². The summed E-state index contributed by atoms with van der Waals surface area (Å²) in [5, 5.41) is 18.4. The first-order valence-corrected chi connectivity index (χ1v) is 6.97. The van der Waals surface area contributed by atoms with Crippen molar-refractivity contribution in [3.8, 4) is 0 Å². The van der Waals surface area contributed by atoms with Crippen molar-refractivity contribution in [1.29, 1.82) is 0 Å². The minimum Gasteiger partial charge on any atom is -0.386 e. The fourth-order valence-corrected chi connectivity index (χ4v) is 2.33. The minimum absolute atomic E-state index is 0.00328. The molecule has 0 saturated heterocycles. The number of non-ortho nitro benzene ring substituents is 1. The predicted molar refractivity (Wildman–Crippen MR) is 84.1 cm³/mol. The number of benzene rings is 1. The summed E-state index contributed by atoms with van der Waals surface area (Å²) in [7, 11) is 1.67. The summed E-state index contributed by atoms with van der Waals surface area (Å²) in [4.78, 5) is 22.7. The molecule has 2 aromatic rings. The Morgan fingerprint density at radius 2 is 2.14 bits per heavy atom. The maximum absolute atomic E-state index is 11.8. The predicted octanol–water partition coefficient (Wildman–Crippen LogP) is 3.51. The third kappa shape index (κ3) is 3.67. The monoisotopic (exact) mass is 303 g/mol. The Labute approximate surface area is 125 Å². The zero-order chi connectivity index (χ0) is 15.2. The second-order valence-electron chi connectivity index (χ2n) is 4.06. The van der Waals surface area contributed by atoms with Crippen LogP contribution in [-0.2, 0) is 0 Å². The Hall–Kier alpha value is -2.67. The molecule has 6 nitrogen and oxygen atoms in total. The number of nitro groups is 1. The van der Waals surface area contributed by atoms with Gasteiger partial charge in [0.2, 0.25) is 0 Å². The van der Waals surface area contributed by atoms with E-state index in [-0.39, 0.29) is 11.5 Å². The molecule has 0 bridgehead atoms. The highest BCUT2D eigenvalue weighted by Crippen LogP contribution is 2.26. The van der Waals surface area contributed by atoms with E-state index in [1.165, 1.54) is 35.7 Å². The van der Waals surface area contributed by atoms with E-state index in [0.29, 0.717) is 16.3 Å². The number of nitrogens with zero attached hydrogens (tertiary/aromatic N) is 1. The number of rotatable bonds is 6. The van der Waals surface area contributed by atoms with Gasteiger partial charge in [0.15, 0.2) is 5.78 Å².